The summed E-state index contributed by atoms with van der Waals surface area (Å²) in [5.74, 6) is 1.22. The first kappa shape index (κ1) is 17.4. The molecule has 0 saturated carbocycles. The van der Waals surface area contributed by atoms with Crippen LogP contribution in [0.1, 0.15) is 17.7 Å². The van der Waals surface area contributed by atoms with Crippen molar-refractivity contribution in [1.82, 2.24) is 25.2 Å². The molecule has 140 valence electrons. The fraction of sp³-hybridized carbons (Fsp3) is 0.421. The highest BCUT2D eigenvalue weighted by atomic mass is 16.2. The Morgan fingerprint density at radius 1 is 1.26 bits per heavy atom. The molecule has 2 aromatic heterocycles. The van der Waals surface area contributed by atoms with E-state index >= 15 is 0 Å². The normalized spacial score (nSPS) is 18.8. The summed E-state index contributed by atoms with van der Waals surface area (Å²) >= 11 is 0. The van der Waals surface area contributed by atoms with Gasteiger partial charge in [-0.05, 0) is 18.6 Å². The highest BCUT2D eigenvalue weighted by molar-refractivity contribution is 5.89. The van der Waals surface area contributed by atoms with E-state index in [1.54, 1.807) is 12.4 Å². The van der Waals surface area contributed by atoms with Crippen LogP contribution in [0, 0.1) is 5.92 Å². The molecule has 2 amide bonds. The largest absolute Gasteiger partial charge is 0.362 e. The van der Waals surface area contributed by atoms with Crippen LogP contribution < -0.4 is 10.2 Å². The lowest BCUT2D eigenvalue weighted by molar-refractivity contribution is -0.136. The molecule has 0 aromatic carbocycles. The minimum atomic E-state index is -0.270. The maximum Gasteiger partial charge on any atom is 0.228 e. The second-order valence-corrected chi connectivity index (χ2v) is 7.14. The number of hydrogen-bond donors (Lipinski definition) is 1. The number of amides is 2. The minimum absolute atomic E-state index is 0.0227. The summed E-state index contributed by atoms with van der Waals surface area (Å²) in [5.41, 5.74) is 2.85. The third-order valence-corrected chi connectivity index (χ3v) is 5.04. The van der Waals surface area contributed by atoms with Crippen molar-refractivity contribution >= 4 is 17.6 Å². The zero-order chi connectivity index (χ0) is 19.0. The maximum absolute atomic E-state index is 12.8. The van der Waals surface area contributed by atoms with Crippen LogP contribution in [0.3, 0.4) is 0 Å². The maximum atomic E-state index is 12.8. The second-order valence-electron chi connectivity index (χ2n) is 7.14. The van der Waals surface area contributed by atoms with Gasteiger partial charge in [-0.15, -0.1) is 0 Å². The smallest absolute Gasteiger partial charge is 0.228 e. The summed E-state index contributed by atoms with van der Waals surface area (Å²) in [7, 11) is 3.93. The van der Waals surface area contributed by atoms with Crippen molar-refractivity contribution in [1.29, 1.82) is 0 Å². The Hall–Kier alpha value is -3.03. The Kier molecular flexibility index (Phi) is 4.47. The molecule has 1 N–H and O–H groups in total. The first-order valence-electron chi connectivity index (χ1n) is 9.06. The molecule has 0 spiro atoms. The van der Waals surface area contributed by atoms with Crippen LogP contribution in [0.2, 0.25) is 0 Å². The van der Waals surface area contributed by atoms with E-state index in [1.165, 1.54) is 0 Å². The summed E-state index contributed by atoms with van der Waals surface area (Å²) in [6.45, 7) is 1.49. The lowest BCUT2D eigenvalue weighted by Crippen LogP contribution is -2.41. The topological polar surface area (TPSA) is 91.3 Å². The third kappa shape index (κ3) is 3.34. The minimum Gasteiger partial charge on any atom is -0.362 e. The SMILES string of the molecule is CN(C)c1nc(-c2ccncc2)nc2c1CCN(C(=O)[C@H]1CNC(=O)C1)C2. The molecule has 0 bridgehead atoms. The van der Waals surface area contributed by atoms with Crippen LogP contribution in [0.5, 0.6) is 0 Å². The van der Waals surface area contributed by atoms with Gasteiger partial charge in [-0.25, -0.2) is 9.97 Å². The van der Waals surface area contributed by atoms with Crippen molar-refractivity contribution in [2.24, 2.45) is 5.92 Å². The highest BCUT2D eigenvalue weighted by Gasteiger charge is 2.34. The Labute approximate surface area is 157 Å². The summed E-state index contributed by atoms with van der Waals surface area (Å²) in [5, 5.41) is 2.74. The van der Waals surface area contributed by atoms with E-state index in [0.717, 1.165) is 22.6 Å². The fourth-order valence-corrected chi connectivity index (χ4v) is 3.64. The van der Waals surface area contributed by atoms with Crippen molar-refractivity contribution in [2.75, 3.05) is 32.1 Å². The first-order chi connectivity index (χ1) is 13.0. The molecule has 4 rings (SSSR count). The van der Waals surface area contributed by atoms with Crippen molar-refractivity contribution in [3.63, 3.8) is 0 Å². The molecule has 1 fully saturated rings. The molecule has 2 aliphatic rings. The van der Waals surface area contributed by atoms with Gasteiger partial charge < -0.3 is 15.1 Å². The van der Waals surface area contributed by atoms with Gasteiger partial charge in [0.1, 0.15) is 5.82 Å². The van der Waals surface area contributed by atoms with E-state index < -0.39 is 0 Å². The average molecular weight is 366 g/mol. The van der Waals surface area contributed by atoms with Gasteiger partial charge in [-0.2, -0.15) is 0 Å². The van der Waals surface area contributed by atoms with Gasteiger partial charge >= 0.3 is 0 Å². The van der Waals surface area contributed by atoms with Crippen molar-refractivity contribution in [3.05, 3.63) is 35.8 Å². The van der Waals surface area contributed by atoms with E-state index in [1.807, 2.05) is 36.0 Å². The quantitative estimate of drug-likeness (QED) is 0.857. The Balaban J connectivity index is 1.66. The van der Waals surface area contributed by atoms with Gasteiger partial charge in [0.25, 0.3) is 0 Å². The number of aromatic nitrogens is 3. The van der Waals surface area contributed by atoms with Crippen molar-refractivity contribution in [3.8, 4) is 11.4 Å². The standard InChI is InChI=1S/C19H22N6O2/c1-24(2)18-14-5-8-25(19(27)13-9-16(26)21-10-13)11-15(14)22-17(23-18)12-3-6-20-7-4-12/h3-4,6-7,13H,5,8-11H2,1-2H3,(H,21,26)/t13-/m1/s1. The molecular formula is C19H22N6O2. The molecule has 0 radical (unpaired) electrons. The summed E-state index contributed by atoms with van der Waals surface area (Å²) in [6.07, 6.45) is 4.41. The summed E-state index contributed by atoms with van der Waals surface area (Å²) < 4.78 is 0. The van der Waals surface area contributed by atoms with E-state index in [9.17, 15) is 9.59 Å². The molecule has 0 aliphatic carbocycles. The molecule has 1 saturated heterocycles. The lowest BCUT2D eigenvalue weighted by Gasteiger charge is -2.32. The summed E-state index contributed by atoms with van der Waals surface area (Å²) in [6, 6.07) is 3.76. The predicted molar refractivity (Wildman–Crippen MR) is 99.8 cm³/mol. The van der Waals surface area contributed by atoms with Crippen LogP contribution in [0.25, 0.3) is 11.4 Å². The van der Waals surface area contributed by atoms with Crippen molar-refractivity contribution < 1.29 is 9.59 Å². The zero-order valence-corrected chi connectivity index (χ0v) is 15.5. The van der Waals surface area contributed by atoms with Crippen molar-refractivity contribution in [2.45, 2.75) is 19.4 Å². The predicted octanol–water partition coefficient (Wildman–Crippen LogP) is 0.625. The molecule has 8 heteroatoms. The number of carbonyl (C=O) groups is 2. The zero-order valence-electron chi connectivity index (χ0n) is 15.5. The van der Waals surface area contributed by atoms with Crippen LogP contribution in [-0.2, 0) is 22.6 Å². The van der Waals surface area contributed by atoms with Crippen LogP contribution in [-0.4, -0.2) is 58.9 Å². The number of pyridine rings is 1. The van der Waals surface area contributed by atoms with Gasteiger partial charge in [0.2, 0.25) is 11.8 Å². The van der Waals surface area contributed by atoms with Crippen LogP contribution in [0.4, 0.5) is 5.82 Å². The molecule has 0 unspecified atom stereocenters. The van der Waals surface area contributed by atoms with Gasteiger partial charge in [-0.3, -0.25) is 14.6 Å². The van der Waals surface area contributed by atoms with Gasteiger partial charge in [0.05, 0.1) is 18.2 Å². The number of fused-ring (bicyclic) bond motifs is 1. The van der Waals surface area contributed by atoms with E-state index in [-0.39, 0.29) is 24.2 Å². The number of anilines is 1. The Bertz CT molecular complexity index is 883. The van der Waals surface area contributed by atoms with Crippen LogP contribution in [0.15, 0.2) is 24.5 Å². The van der Waals surface area contributed by atoms with E-state index in [2.05, 4.69) is 10.3 Å². The summed E-state index contributed by atoms with van der Waals surface area (Å²) in [4.78, 5) is 41.6. The van der Waals surface area contributed by atoms with E-state index in [4.69, 9.17) is 9.97 Å². The van der Waals surface area contributed by atoms with Gasteiger partial charge in [0.15, 0.2) is 5.82 Å². The Morgan fingerprint density at radius 2 is 2.04 bits per heavy atom. The third-order valence-electron chi connectivity index (χ3n) is 5.04. The molecule has 2 aromatic rings. The Morgan fingerprint density at radius 3 is 2.70 bits per heavy atom. The average Bonchev–Trinajstić information content (AvgIpc) is 3.13. The molecule has 1 atom stereocenters. The number of nitrogens with zero attached hydrogens (tertiary/aromatic N) is 5. The van der Waals surface area contributed by atoms with Gasteiger partial charge in [0, 0.05) is 57.1 Å². The number of carbonyl (C=O) groups excluding carboxylic acids is 2. The molecule has 2 aliphatic heterocycles. The van der Waals surface area contributed by atoms with Crippen LogP contribution >= 0.6 is 0 Å². The molecule has 8 nitrogen and oxygen atoms in total. The number of rotatable bonds is 3. The van der Waals surface area contributed by atoms with Gasteiger partial charge in [-0.1, -0.05) is 0 Å². The highest BCUT2D eigenvalue weighted by Crippen LogP contribution is 2.29. The van der Waals surface area contributed by atoms with E-state index in [0.29, 0.717) is 31.9 Å². The number of nitrogens with one attached hydrogen (secondary N) is 1. The first-order valence-corrected chi connectivity index (χ1v) is 9.06. The fourth-order valence-electron chi connectivity index (χ4n) is 3.64. The molecule has 27 heavy (non-hydrogen) atoms. The molecular weight excluding hydrogens is 344 g/mol. The monoisotopic (exact) mass is 366 g/mol. The molecule has 4 heterocycles. The second kappa shape index (κ2) is 6.94. The lowest BCUT2D eigenvalue weighted by atomic mass is 10.0. The number of hydrogen-bond acceptors (Lipinski definition) is 6.